The zero-order valence-corrected chi connectivity index (χ0v) is 9.82. The Morgan fingerprint density at radius 1 is 1.41 bits per heavy atom. The second-order valence-corrected chi connectivity index (χ2v) is 4.33. The van der Waals surface area contributed by atoms with Crippen LogP contribution in [0.25, 0.3) is 0 Å². The van der Waals surface area contributed by atoms with E-state index in [2.05, 4.69) is 19.2 Å². The molecule has 0 saturated carbocycles. The van der Waals surface area contributed by atoms with E-state index < -0.39 is 5.97 Å². The molecule has 0 fully saturated rings. The molecule has 0 aliphatic carbocycles. The highest BCUT2D eigenvalue weighted by Gasteiger charge is 2.20. The van der Waals surface area contributed by atoms with E-state index in [-0.39, 0.29) is 12.4 Å². The Labute approximate surface area is 99.3 Å². The molecule has 1 aromatic rings. The minimum atomic E-state index is -0.977. The van der Waals surface area contributed by atoms with E-state index in [1.807, 2.05) is 0 Å². The van der Waals surface area contributed by atoms with Gasteiger partial charge in [0.15, 0.2) is 11.5 Å². The van der Waals surface area contributed by atoms with Crippen molar-refractivity contribution < 1.29 is 19.4 Å². The Morgan fingerprint density at radius 3 is 2.65 bits per heavy atom. The number of hydrogen-bond donors (Lipinski definition) is 2. The van der Waals surface area contributed by atoms with Gasteiger partial charge in [0.25, 0.3) is 0 Å². The fourth-order valence-electron chi connectivity index (χ4n) is 1.58. The number of rotatable bonds is 4. The maximum absolute atomic E-state index is 11.1. The molecule has 0 unspecified atom stereocenters. The van der Waals surface area contributed by atoms with Crippen LogP contribution in [-0.2, 0) is 0 Å². The summed E-state index contributed by atoms with van der Waals surface area (Å²) in [5, 5.41) is 12.2. The van der Waals surface area contributed by atoms with Crippen molar-refractivity contribution in [1.29, 1.82) is 0 Å². The van der Waals surface area contributed by atoms with Crippen molar-refractivity contribution in [2.45, 2.75) is 13.8 Å². The lowest BCUT2D eigenvalue weighted by Crippen LogP contribution is -2.11. The standard InChI is InChI=1S/C12H15NO4/c1-7(2)5-13-9-4-11-10(16-6-17-11)3-8(9)12(14)15/h3-4,7,13H,5-6H2,1-2H3,(H,14,15). The molecule has 1 aliphatic rings. The molecule has 2 rings (SSSR count). The smallest absolute Gasteiger partial charge is 0.337 e. The van der Waals surface area contributed by atoms with Gasteiger partial charge in [-0.3, -0.25) is 0 Å². The first-order valence-corrected chi connectivity index (χ1v) is 5.48. The van der Waals surface area contributed by atoms with Gasteiger partial charge in [-0.15, -0.1) is 0 Å². The molecule has 0 atom stereocenters. The molecule has 17 heavy (non-hydrogen) atoms. The third-order valence-corrected chi connectivity index (χ3v) is 2.44. The topological polar surface area (TPSA) is 67.8 Å². The molecule has 5 nitrogen and oxygen atoms in total. The number of benzene rings is 1. The number of fused-ring (bicyclic) bond motifs is 1. The Hall–Kier alpha value is -1.91. The van der Waals surface area contributed by atoms with Crippen molar-refractivity contribution in [3.8, 4) is 11.5 Å². The average molecular weight is 237 g/mol. The molecule has 0 aromatic heterocycles. The van der Waals surface area contributed by atoms with Crippen LogP contribution in [-0.4, -0.2) is 24.4 Å². The summed E-state index contributed by atoms with van der Waals surface area (Å²) in [5.41, 5.74) is 0.769. The van der Waals surface area contributed by atoms with Crippen molar-refractivity contribution >= 4 is 11.7 Å². The normalized spacial score (nSPS) is 12.9. The van der Waals surface area contributed by atoms with Crippen LogP contribution < -0.4 is 14.8 Å². The van der Waals surface area contributed by atoms with E-state index in [0.717, 1.165) is 0 Å². The maximum Gasteiger partial charge on any atom is 0.337 e. The van der Waals surface area contributed by atoms with Gasteiger partial charge in [-0.25, -0.2) is 4.79 Å². The average Bonchev–Trinajstić information content (AvgIpc) is 2.71. The molecule has 0 amide bonds. The van der Waals surface area contributed by atoms with Crippen LogP contribution in [0.15, 0.2) is 12.1 Å². The Kier molecular flexibility index (Phi) is 3.08. The van der Waals surface area contributed by atoms with Crippen molar-refractivity contribution in [3.63, 3.8) is 0 Å². The molecule has 0 saturated heterocycles. The van der Waals surface area contributed by atoms with Gasteiger partial charge in [0.05, 0.1) is 11.3 Å². The van der Waals surface area contributed by atoms with Crippen LogP contribution in [0.5, 0.6) is 11.5 Å². The number of carbonyl (C=O) groups is 1. The van der Waals surface area contributed by atoms with Gasteiger partial charge in [-0.2, -0.15) is 0 Å². The molecular weight excluding hydrogens is 222 g/mol. The summed E-state index contributed by atoms with van der Waals surface area (Å²) in [6.45, 7) is 4.96. The molecule has 5 heteroatoms. The van der Waals surface area contributed by atoms with Crippen molar-refractivity contribution in [1.82, 2.24) is 0 Å². The monoisotopic (exact) mass is 237 g/mol. The van der Waals surface area contributed by atoms with E-state index in [4.69, 9.17) is 14.6 Å². The Bertz CT molecular complexity index is 442. The zero-order valence-electron chi connectivity index (χ0n) is 9.82. The van der Waals surface area contributed by atoms with E-state index in [9.17, 15) is 4.79 Å². The van der Waals surface area contributed by atoms with Gasteiger partial charge in [0.2, 0.25) is 6.79 Å². The minimum absolute atomic E-state index is 0.141. The Balaban J connectivity index is 2.31. The summed E-state index contributed by atoms with van der Waals surface area (Å²) in [5.74, 6) is 0.523. The van der Waals surface area contributed by atoms with Crippen LogP contribution in [0, 0.1) is 5.92 Å². The second kappa shape index (κ2) is 4.53. The summed E-state index contributed by atoms with van der Waals surface area (Å²) in [6, 6.07) is 3.17. The number of carboxylic acid groups (broad SMARTS) is 1. The van der Waals surface area contributed by atoms with E-state index in [0.29, 0.717) is 29.6 Å². The number of nitrogens with one attached hydrogen (secondary N) is 1. The predicted molar refractivity (Wildman–Crippen MR) is 62.9 cm³/mol. The molecule has 2 N–H and O–H groups in total. The summed E-state index contributed by atoms with van der Waals surface area (Å²) in [6.07, 6.45) is 0. The third-order valence-electron chi connectivity index (χ3n) is 2.44. The van der Waals surface area contributed by atoms with Gasteiger partial charge in [-0.05, 0) is 5.92 Å². The number of carboxylic acids is 1. The zero-order chi connectivity index (χ0) is 12.4. The second-order valence-electron chi connectivity index (χ2n) is 4.33. The fraction of sp³-hybridized carbons (Fsp3) is 0.417. The molecule has 0 radical (unpaired) electrons. The van der Waals surface area contributed by atoms with E-state index in [1.54, 1.807) is 6.07 Å². The summed E-state index contributed by atoms with van der Waals surface area (Å²) in [7, 11) is 0. The number of anilines is 1. The van der Waals surface area contributed by atoms with Crippen LogP contribution in [0.1, 0.15) is 24.2 Å². The van der Waals surface area contributed by atoms with Gasteiger partial charge < -0.3 is 19.9 Å². The number of ether oxygens (including phenoxy) is 2. The fourth-order valence-corrected chi connectivity index (χ4v) is 1.58. The number of hydrogen-bond acceptors (Lipinski definition) is 4. The van der Waals surface area contributed by atoms with Gasteiger partial charge in [-0.1, -0.05) is 13.8 Å². The SMILES string of the molecule is CC(C)CNc1cc2c(cc1C(=O)O)OCO2. The van der Waals surface area contributed by atoms with Gasteiger partial charge in [0, 0.05) is 18.7 Å². The van der Waals surface area contributed by atoms with E-state index >= 15 is 0 Å². The van der Waals surface area contributed by atoms with Crippen LogP contribution >= 0.6 is 0 Å². The van der Waals surface area contributed by atoms with Crippen LogP contribution in [0.3, 0.4) is 0 Å². The maximum atomic E-state index is 11.1. The largest absolute Gasteiger partial charge is 0.478 e. The highest BCUT2D eigenvalue weighted by atomic mass is 16.7. The highest BCUT2D eigenvalue weighted by Crippen LogP contribution is 2.37. The molecule has 0 bridgehead atoms. The van der Waals surface area contributed by atoms with Crippen LogP contribution in [0.2, 0.25) is 0 Å². The third kappa shape index (κ3) is 2.43. The molecule has 1 heterocycles. The molecule has 1 aliphatic heterocycles. The first kappa shape index (κ1) is 11.6. The quantitative estimate of drug-likeness (QED) is 0.840. The van der Waals surface area contributed by atoms with Crippen LogP contribution in [0.4, 0.5) is 5.69 Å². The lowest BCUT2D eigenvalue weighted by Gasteiger charge is -2.12. The lowest BCUT2D eigenvalue weighted by molar-refractivity contribution is 0.0697. The van der Waals surface area contributed by atoms with Gasteiger partial charge in [0.1, 0.15) is 0 Å². The van der Waals surface area contributed by atoms with Gasteiger partial charge >= 0.3 is 5.97 Å². The molecular formula is C12H15NO4. The highest BCUT2D eigenvalue weighted by molar-refractivity contribution is 5.95. The first-order valence-electron chi connectivity index (χ1n) is 5.48. The van der Waals surface area contributed by atoms with Crippen molar-refractivity contribution in [3.05, 3.63) is 17.7 Å². The van der Waals surface area contributed by atoms with Crippen molar-refractivity contribution in [2.75, 3.05) is 18.7 Å². The Morgan fingerprint density at radius 2 is 2.06 bits per heavy atom. The summed E-state index contributed by atoms with van der Waals surface area (Å²) in [4.78, 5) is 11.1. The minimum Gasteiger partial charge on any atom is -0.478 e. The molecule has 1 aromatic carbocycles. The number of aromatic carboxylic acids is 1. The van der Waals surface area contributed by atoms with Crippen molar-refractivity contribution in [2.24, 2.45) is 5.92 Å². The molecule has 92 valence electrons. The molecule has 0 spiro atoms. The summed E-state index contributed by atoms with van der Waals surface area (Å²) >= 11 is 0. The lowest BCUT2D eigenvalue weighted by atomic mass is 10.1. The summed E-state index contributed by atoms with van der Waals surface area (Å²) < 4.78 is 10.4. The first-order chi connectivity index (χ1) is 8.08. The predicted octanol–water partition coefficient (Wildman–Crippen LogP) is 2.18. The van der Waals surface area contributed by atoms with E-state index in [1.165, 1.54) is 6.07 Å².